The van der Waals surface area contributed by atoms with Gasteiger partial charge in [-0.25, -0.2) is 9.78 Å². The van der Waals surface area contributed by atoms with Gasteiger partial charge in [-0.05, 0) is 40.7 Å². The largest absolute Gasteiger partial charge is 0.497 e. The first-order valence-corrected chi connectivity index (χ1v) is 19.2. The summed E-state index contributed by atoms with van der Waals surface area (Å²) in [4.78, 5) is 35.3. The van der Waals surface area contributed by atoms with Gasteiger partial charge in [0.05, 0.1) is 64.2 Å². The molecule has 0 unspecified atom stereocenters. The molecule has 5 rings (SSSR count). The van der Waals surface area contributed by atoms with Crippen molar-refractivity contribution >= 4 is 45.7 Å². The Morgan fingerprint density at radius 2 is 1.49 bits per heavy atom. The number of nitrogens with zero attached hydrogens (tertiary/aromatic N) is 2. The molecule has 15 heteroatoms. The number of urea groups is 1. The maximum absolute atomic E-state index is 13.8. The van der Waals surface area contributed by atoms with Crippen molar-refractivity contribution in [3.05, 3.63) is 89.6 Å². The molecule has 0 spiro atoms. The minimum Gasteiger partial charge on any atom is -0.497 e. The summed E-state index contributed by atoms with van der Waals surface area (Å²) in [5.74, 6) is 1.74. The number of ether oxygens (including phenoxy) is 7. The number of nitrogens with one attached hydrogen (secondary N) is 3. The van der Waals surface area contributed by atoms with Crippen molar-refractivity contribution < 1.29 is 42.7 Å². The number of carbonyl (C=O) groups is 2. The summed E-state index contributed by atoms with van der Waals surface area (Å²) in [7, 11) is 4.65. The molecule has 0 aliphatic carbocycles. The summed E-state index contributed by atoms with van der Waals surface area (Å²) >= 11 is 0. The Hall–Kier alpha value is -6.16. The fraction of sp³-hybridized carbons (Fsp3) is 0.364. The van der Waals surface area contributed by atoms with Crippen LogP contribution in [0.5, 0.6) is 28.9 Å². The maximum Gasteiger partial charge on any atom is 0.323 e. The van der Waals surface area contributed by atoms with Crippen molar-refractivity contribution in [1.29, 1.82) is 0 Å². The van der Waals surface area contributed by atoms with Crippen LogP contribution in [-0.4, -0.2) is 82.9 Å². The van der Waals surface area contributed by atoms with Crippen molar-refractivity contribution in [3.63, 3.8) is 0 Å². The van der Waals surface area contributed by atoms with Crippen LogP contribution in [-0.2, 0) is 19.6 Å². The molecule has 4 aromatic carbocycles. The van der Waals surface area contributed by atoms with Crippen LogP contribution in [0.4, 0.5) is 27.8 Å². The molecule has 5 N–H and O–H groups in total. The number of anilines is 4. The predicted octanol–water partition coefficient (Wildman–Crippen LogP) is 8.41. The highest BCUT2D eigenvalue weighted by Crippen LogP contribution is 2.44. The zero-order valence-corrected chi connectivity index (χ0v) is 34.9. The SMILES string of the molecule is COCCOCCOCCOc1cc(Nc2nccc(Oc3ccc(NC(=O)Nc4c(OC)c(C(N)=O)cc(C(C)(C)C)c4C(C)C)c4ccccc34)n2)cc(OC)c1. The van der Waals surface area contributed by atoms with Gasteiger partial charge in [-0.1, -0.05) is 58.9 Å². The Bertz CT molecular complexity index is 2220. The molecule has 5 aromatic rings. The van der Waals surface area contributed by atoms with Crippen molar-refractivity contribution in [1.82, 2.24) is 9.97 Å². The Labute approximate surface area is 344 Å². The number of carbonyl (C=O) groups excluding carboxylic acids is 2. The highest BCUT2D eigenvalue weighted by Gasteiger charge is 2.29. The van der Waals surface area contributed by atoms with Crippen LogP contribution in [0.15, 0.2) is 72.9 Å². The molecule has 0 bridgehead atoms. The molecule has 0 atom stereocenters. The van der Waals surface area contributed by atoms with E-state index in [1.165, 1.54) is 7.11 Å². The van der Waals surface area contributed by atoms with Gasteiger partial charge in [-0.15, -0.1) is 0 Å². The molecule has 59 heavy (non-hydrogen) atoms. The van der Waals surface area contributed by atoms with Crippen LogP contribution in [0.25, 0.3) is 10.8 Å². The lowest BCUT2D eigenvalue weighted by molar-refractivity contribution is 0.0179. The minimum absolute atomic E-state index is 0.0224. The Morgan fingerprint density at radius 1 is 0.797 bits per heavy atom. The molecular formula is C44H54N6O9. The van der Waals surface area contributed by atoms with Crippen molar-refractivity contribution in [2.75, 3.05) is 76.9 Å². The van der Waals surface area contributed by atoms with Crippen molar-refractivity contribution in [2.45, 2.75) is 46.0 Å². The molecule has 0 radical (unpaired) electrons. The van der Waals surface area contributed by atoms with Crippen LogP contribution in [0.2, 0.25) is 0 Å². The second-order valence-electron chi connectivity index (χ2n) is 14.7. The number of hydrogen-bond acceptors (Lipinski definition) is 12. The highest BCUT2D eigenvalue weighted by atomic mass is 16.6. The van der Waals surface area contributed by atoms with E-state index in [2.05, 4.69) is 25.9 Å². The van der Waals surface area contributed by atoms with Gasteiger partial charge in [0.15, 0.2) is 5.75 Å². The summed E-state index contributed by atoms with van der Waals surface area (Å²) in [6.45, 7) is 12.9. The molecule has 0 fully saturated rings. The number of benzene rings is 4. The topological polar surface area (TPSA) is 187 Å². The lowest BCUT2D eigenvalue weighted by Gasteiger charge is -2.29. The van der Waals surface area contributed by atoms with Gasteiger partial charge < -0.3 is 54.8 Å². The van der Waals surface area contributed by atoms with Gasteiger partial charge in [0.25, 0.3) is 5.91 Å². The average Bonchev–Trinajstić information content (AvgIpc) is 3.20. The number of fused-ring (bicyclic) bond motifs is 1. The second-order valence-corrected chi connectivity index (χ2v) is 14.7. The molecule has 15 nitrogen and oxygen atoms in total. The number of aromatic nitrogens is 2. The molecule has 1 heterocycles. The second kappa shape index (κ2) is 20.5. The maximum atomic E-state index is 13.8. The fourth-order valence-electron chi connectivity index (χ4n) is 6.38. The average molecular weight is 811 g/mol. The lowest BCUT2D eigenvalue weighted by atomic mass is 9.78. The number of nitrogens with two attached hydrogens (primary N) is 1. The minimum atomic E-state index is -0.659. The Kier molecular flexibility index (Phi) is 15.3. The molecule has 1 aromatic heterocycles. The summed E-state index contributed by atoms with van der Waals surface area (Å²) in [5, 5.41) is 10.6. The van der Waals surface area contributed by atoms with E-state index < -0.39 is 11.9 Å². The van der Waals surface area contributed by atoms with E-state index in [4.69, 9.17) is 38.9 Å². The summed E-state index contributed by atoms with van der Waals surface area (Å²) in [6.07, 6.45) is 1.58. The van der Waals surface area contributed by atoms with Crippen LogP contribution < -0.4 is 40.6 Å². The first-order chi connectivity index (χ1) is 28.3. The summed E-state index contributed by atoms with van der Waals surface area (Å²) < 4.78 is 39.3. The zero-order valence-electron chi connectivity index (χ0n) is 34.9. The first-order valence-electron chi connectivity index (χ1n) is 19.2. The standard InChI is InChI=1S/C44H54N6O9/c1-27(2)38-34(44(3,4)5)26-33(41(45)51)40(55-8)39(38)50-43(52)48-35-13-14-36(32-12-10-9-11-31(32)35)59-37-15-16-46-42(49-37)47-28-23-29(54-7)25-30(24-28)58-22-21-57-20-19-56-18-17-53-6/h9-16,23-27H,17-22H2,1-8H3,(H2,45,51)(H,46,47,49)(H2,48,50,52). The highest BCUT2D eigenvalue weighted by molar-refractivity contribution is 6.09. The van der Waals surface area contributed by atoms with Crippen molar-refractivity contribution in [2.24, 2.45) is 5.73 Å². The predicted molar refractivity (Wildman–Crippen MR) is 228 cm³/mol. The van der Waals surface area contributed by atoms with Gasteiger partial charge in [0, 0.05) is 54.0 Å². The van der Waals surface area contributed by atoms with E-state index in [0.717, 1.165) is 21.9 Å². The third-order valence-corrected chi connectivity index (χ3v) is 9.06. The molecule has 3 amide bonds. The van der Waals surface area contributed by atoms with Gasteiger partial charge >= 0.3 is 6.03 Å². The molecule has 0 aliphatic heterocycles. The number of hydrogen-bond donors (Lipinski definition) is 4. The van der Waals surface area contributed by atoms with Gasteiger partial charge in [-0.2, -0.15) is 4.98 Å². The van der Waals surface area contributed by atoms with E-state index in [1.54, 1.807) is 62.9 Å². The van der Waals surface area contributed by atoms with Gasteiger partial charge in [0.2, 0.25) is 11.8 Å². The van der Waals surface area contributed by atoms with Crippen LogP contribution >= 0.6 is 0 Å². The van der Waals surface area contributed by atoms with Crippen LogP contribution in [0.3, 0.4) is 0 Å². The number of rotatable bonds is 20. The summed E-state index contributed by atoms with van der Waals surface area (Å²) in [5.41, 5.74) is 8.89. The van der Waals surface area contributed by atoms with E-state index in [9.17, 15) is 9.59 Å². The third-order valence-electron chi connectivity index (χ3n) is 9.06. The fourth-order valence-corrected chi connectivity index (χ4v) is 6.38. The monoisotopic (exact) mass is 810 g/mol. The van der Waals surface area contributed by atoms with E-state index >= 15 is 0 Å². The number of primary amides is 1. The van der Waals surface area contributed by atoms with E-state index in [0.29, 0.717) is 74.0 Å². The normalized spacial score (nSPS) is 11.3. The van der Waals surface area contributed by atoms with E-state index in [-0.39, 0.29) is 34.5 Å². The molecule has 0 aliphatic rings. The van der Waals surface area contributed by atoms with Gasteiger partial charge in [-0.3, -0.25) is 4.79 Å². The molecular weight excluding hydrogens is 757 g/mol. The number of amides is 3. The molecule has 0 saturated heterocycles. The quantitative estimate of drug-likeness (QED) is 0.0551. The Morgan fingerprint density at radius 3 is 2.15 bits per heavy atom. The number of methoxy groups -OCH3 is 3. The Balaban J connectivity index is 1.31. The zero-order chi connectivity index (χ0) is 42.5. The van der Waals surface area contributed by atoms with Crippen LogP contribution in [0.1, 0.15) is 62.0 Å². The third kappa shape index (κ3) is 11.7. The van der Waals surface area contributed by atoms with Crippen LogP contribution in [0, 0.1) is 0 Å². The first kappa shape index (κ1) is 44.0. The summed E-state index contributed by atoms with van der Waals surface area (Å²) in [6, 6.07) is 19.3. The van der Waals surface area contributed by atoms with E-state index in [1.807, 2.05) is 58.9 Å². The lowest BCUT2D eigenvalue weighted by Crippen LogP contribution is -2.25. The van der Waals surface area contributed by atoms with Crippen molar-refractivity contribution in [3.8, 4) is 28.9 Å². The molecule has 314 valence electrons. The smallest absolute Gasteiger partial charge is 0.323 e. The molecule has 0 saturated carbocycles. The van der Waals surface area contributed by atoms with Gasteiger partial charge in [0.1, 0.15) is 23.9 Å².